The predicted octanol–water partition coefficient (Wildman–Crippen LogP) is 4.82. The molecule has 1 heterocycles. The van der Waals surface area contributed by atoms with Crippen LogP contribution in [0.4, 0.5) is 11.4 Å². The van der Waals surface area contributed by atoms with Crippen LogP contribution in [0.5, 0.6) is 5.75 Å². The number of nitrogens with one attached hydrogen (secondary N) is 1. The van der Waals surface area contributed by atoms with Gasteiger partial charge < -0.3 is 14.8 Å². The summed E-state index contributed by atoms with van der Waals surface area (Å²) in [5, 5.41) is 4.71. The highest BCUT2D eigenvalue weighted by Crippen LogP contribution is 2.29. The zero-order chi connectivity index (χ0) is 17.8. The molecule has 0 aliphatic carbocycles. The molecule has 3 rings (SSSR count). The fourth-order valence-corrected chi connectivity index (χ4v) is 2.64. The minimum atomic E-state index is -0.494. The molecule has 0 amide bonds. The van der Waals surface area contributed by atoms with Gasteiger partial charge in [-0.1, -0.05) is 11.6 Å². The van der Waals surface area contributed by atoms with Crippen LogP contribution in [0.25, 0.3) is 10.9 Å². The van der Waals surface area contributed by atoms with Gasteiger partial charge in [0.15, 0.2) is 5.69 Å². The lowest BCUT2D eigenvalue weighted by Crippen LogP contribution is -2.06. The molecular formula is C19H17ClN2O3. The van der Waals surface area contributed by atoms with Crippen LogP contribution in [-0.2, 0) is 4.74 Å². The number of anilines is 2. The van der Waals surface area contributed by atoms with Gasteiger partial charge in [-0.05, 0) is 55.5 Å². The van der Waals surface area contributed by atoms with Crippen LogP contribution < -0.4 is 10.1 Å². The van der Waals surface area contributed by atoms with Gasteiger partial charge in [-0.3, -0.25) is 0 Å². The largest absolute Gasteiger partial charge is 0.494 e. The predicted molar refractivity (Wildman–Crippen MR) is 99.0 cm³/mol. The minimum Gasteiger partial charge on any atom is -0.494 e. The Hall–Kier alpha value is -2.79. The number of hydrogen-bond donors (Lipinski definition) is 1. The SMILES string of the molecule is CCOc1ccc(Nc2cc(C(=O)OC)nc3ccc(Cl)cc23)cc1. The van der Waals surface area contributed by atoms with Crippen molar-refractivity contribution in [2.75, 3.05) is 19.0 Å². The summed E-state index contributed by atoms with van der Waals surface area (Å²) >= 11 is 6.12. The van der Waals surface area contributed by atoms with E-state index >= 15 is 0 Å². The lowest BCUT2D eigenvalue weighted by Gasteiger charge is -2.12. The molecule has 1 aromatic heterocycles. The topological polar surface area (TPSA) is 60.5 Å². The van der Waals surface area contributed by atoms with E-state index in [2.05, 4.69) is 10.3 Å². The molecule has 2 aromatic carbocycles. The summed E-state index contributed by atoms with van der Waals surface area (Å²) in [6.07, 6.45) is 0. The first-order valence-electron chi connectivity index (χ1n) is 7.79. The highest BCUT2D eigenvalue weighted by Gasteiger charge is 2.13. The van der Waals surface area contributed by atoms with Crippen molar-refractivity contribution >= 4 is 39.8 Å². The molecule has 0 unspecified atom stereocenters. The number of pyridine rings is 1. The molecule has 128 valence electrons. The van der Waals surface area contributed by atoms with E-state index in [9.17, 15) is 4.79 Å². The summed E-state index contributed by atoms with van der Waals surface area (Å²) in [5.74, 6) is 0.303. The Bertz CT molecular complexity index is 910. The second kappa shape index (κ2) is 7.40. The maximum Gasteiger partial charge on any atom is 0.356 e. The zero-order valence-electron chi connectivity index (χ0n) is 13.9. The molecule has 6 heteroatoms. The molecule has 0 spiro atoms. The van der Waals surface area contributed by atoms with Gasteiger partial charge in [0.1, 0.15) is 5.75 Å². The number of carbonyl (C=O) groups excluding carboxylic acids is 1. The average Bonchev–Trinajstić information content (AvgIpc) is 2.63. The molecule has 0 saturated carbocycles. The van der Waals surface area contributed by atoms with Crippen molar-refractivity contribution in [3.05, 3.63) is 59.2 Å². The monoisotopic (exact) mass is 356 g/mol. The number of nitrogens with zero attached hydrogens (tertiary/aromatic N) is 1. The van der Waals surface area contributed by atoms with Crippen molar-refractivity contribution in [1.82, 2.24) is 4.98 Å². The van der Waals surface area contributed by atoms with E-state index in [-0.39, 0.29) is 5.69 Å². The molecule has 3 aromatic rings. The van der Waals surface area contributed by atoms with Gasteiger partial charge in [0.05, 0.1) is 24.9 Å². The summed E-state index contributed by atoms with van der Waals surface area (Å²) in [4.78, 5) is 16.2. The van der Waals surface area contributed by atoms with Crippen LogP contribution in [0.1, 0.15) is 17.4 Å². The molecule has 0 bridgehead atoms. The third-order valence-electron chi connectivity index (χ3n) is 3.61. The first kappa shape index (κ1) is 17.0. The number of esters is 1. The molecule has 0 fully saturated rings. The first-order chi connectivity index (χ1) is 12.1. The van der Waals surface area contributed by atoms with Crippen molar-refractivity contribution in [3.8, 4) is 5.75 Å². The van der Waals surface area contributed by atoms with E-state index in [1.165, 1.54) is 7.11 Å². The van der Waals surface area contributed by atoms with E-state index in [1.807, 2.05) is 37.3 Å². The Morgan fingerprint density at radius 1 is 1.16 bits per heavy atom. The zero-order valence-corrected chi connectivity index (χ0v) is 14.6. The van der Waals surface area contributed by atoms with Crippen LogP contribution in [0.3, 0.4) is 0 Å². The molecule has 0 radical (unpaired) electrons. The molecule has 0 aliphatic rings. The number of rotatable bonds is 5. The van der Waals surface area contributed by atoms with Gasteiger partial charge in [0, 0.05) is 16.1 Å². The van der Waals surface area contributed by atoms with Crippen molar-refractivity contribution in [2.24, 2.45) is 0 Å². The number of fused-ring (bicyclic) bond motifs is 1. The molecular weight excluding hydrogens is 340 g/mol. The van der Waals surface area contributed by atoms with Gasteiger partial charge in [-0.15, -0.1) is 0 Å². The Labute approximate surface area is 150 Å². The summed E-state index contributed by atoms with van der Waals surface area (Å²) < 4.78 is 10.2. The number of hydrogen-bond acceptors (Lipinski definition) is 5. The second-order valence-corrected chi connectivity index (χ2v) is 5.73. The summed E-state index contributed by atoms with van der Waals surface area (Å²) in [6, 6.07) is 14.5. The molecule has 5 nitrogen and oxygen atoms in total. The Morgan fingerprint density at radius 2 is 1.92 bits per heavy atom. The first-order valence-corrected chi connectivity index (χ1v) is 8.17. The fourth-order valence-electron chi connectivity index (χ4n) is 2.47. The maximum absolute atomic E-state index is 11.9. The number of halogens is 1. The van der Waals surface area contributed by atoms with Crippen molar-refractivity contribution in [1.29, 1.82) is 0 Å². The maximum atomic E-state index is 11.9. The number of benzene rings is 2. The molecule has 25 heavy (non-hydrogen) atoms. The van der Waals surface area contributed by atoms with E-state index < -0.39 is 5.97 Å². The number of aromatic nitrogens is 1. The van der Waals surface area contributed by atoms with Crippen LogP contribution in [0, 0.1) is 0 Å². The Kier molecular flexibility index (Phi) is 5.05. The number of ether oxygens (including phenoxy) is 2. The van der Waals surface area contributed by atoms with Crippen LogP contribution in [0.2, 0.25) is 5.02 Å². The van der Waals surface area contributed by atoms with Crippen LogP contribution >= 0.6 is 11.6 Å². The van der Waals surface area contributed by atoms with Gasteiger partial charge in [-0.25, -0.2) is 9.78 Å². The van der Waals surface area contributed by atoms with E-state index in [0.29, 0.717) is 17.1 Å². The molecule has 0 atom stereocenters. The lowest BCUT2D eigenvalue weighted by molar-refractivity contribution is 0.0594. The lowest BCUT2D eigenvalue weighted by atomic mass is 10.1. The normalized spacial score (nSPS) is 10.5. The van der Waals surface area contributed by atoms with Gasteiger partial charge in [0.25, 0.3) is 0 Å². The van der Waals surface area contributed by atoms with Crippen LogP contribution in [-0.4, -0.2) is 24.7 Å². The van der Waals surface area contributed by atoms with E-state index in [0.717, 1.165) is 22.5 Å². The van der Waals surface area contributed by atoms with Crippen LogP contribution in [0.15, 0.2) is 48.5 Å². The van der Waals surface area contributed by atoms with E-state index in [1.54, 1.807) is 18.2 Å². The molecule has 0 aliphatic heterocycles. The standard InChI is InChI=1S/C19H17ClN2O3/c1-3-25-14-7-5-13(6-8-14)21-17-11-18(19(23)24-2)22-16-9-4-12(20)10-15(16)17/h4-11H,3H2,1-2H3,(H,21,22). The quantitative estimate of drug-likeness (QED) is 0.664. The van der Waals surface area contributed by atoms with Gasteiger partial charge in [0.2, 0.25) is 0 Å². The van der Waals surface area contributed by atoms with E-state index in [4.69, 9.17) is 21.1 Å². The second-order valence-electron chi connectivity index (χ2n) is 5.29. The number of carbonyl (C=O) groups is 1. The third kappa shape index (κ3) is 3.83. The van der Waals surface area contributed by atoms with Crippen molar-refractivity contribution in [2.45, 2.75) is 6.92 Å². The fraction of sp³-hybridized carbons (Fsp3) is 0.158. The highest BCUT2D eigenvalue weighted by atomic mass is 35.5. The molecule has 0 saturated heterocycles. The molecule has 1 N–H and O–H groups in total. The highest BCUT2D eigenvalue weighted by molar-refractivity contribution is 6.31. The summed E-state index contributed by atoms with van der Waals surface area (Å²) in [6.45, 7) is 2.55. The van der Waals surface area contributed by atoms with Gasteiger partial charge in [-0.2, -0.15) is 0 Å². The third-order valence-corrected chi connectivity index (χ3v) is 3.84. The summed E-state index contributed by atoms with van der Waals surface area (Å²) in [7, 11) is 1.33. The smallest absolute Gasteiger partial charge is 0.356 e. The average molecular weight is 357 g/mol. The number of methoxy groups -OCH3 is 1. The summed E-state index contributed by atoms with van der Waals surface area (Å²) in [5.41, 5.74) is 2.45. The minimum absolute atomic E-state index is 0.228. The van der Waals surface area contributed by atoms with Crippen molar-refractivity contribution < 1.29 is 14.3 Å². The Balaban J connectivity index is 2.03. The Morgan fingerprint density at radius 3 is 2.60 bits per heavy atom. The van der Waals surface area contributed by atoms with Gasteiger partial charge >= 0.3 is 5.97 Å². The van der Waals surface area contributed by atoms with Crippen molar-refractivity contribution in [3.63, 3.8) is 0 Å².